The fourth-order valence-corrected chi connectivity index (χ4v) is 3.87. The Labute approximate surface area is 182 Å². The Morgan fingerprint density at radius 1 is 1.23 bits per heavy atom. The lowest BCUT2D eigenvalue weighted by Gasteiger charge is -2.09. The van der Waals surface area contributed by atoms with Crippen molar-refractivity contribution in [2.75, 3.05) is 12.4 Å². The molecule has 0 aliphatic heterocycles. The zero-order valence-corrected chi connectivity index (χ0v) is 17.9. The number of alkyl halides is 3. The molecule has 0 aliphatic rings. The molecule has 1 atom stereocenters. The molecule has 2 heterocycles. The van der Waals surface area contributed by atoms with Gasteiger partial charge in [0, 0.05) is 23.3 Å². The van der Waals surface area contributed by atoms with Gasteiger partial charge in [0.2, 0.25) is 0 Å². The Kier molecular flexibility index (Phi) is 7.29. The lowest BCUT2D eigenvalue weighted by molar-refractivity contribution is -0.146. The average molecular weight is 446 g/mol. The number of ether oxygens (including phenoxy) is 1. The third-order valence-corrected chi connectivity index (χ3v) is 5.63. The van der Waals surface area contributed by atoms with Crippen molar-refractivity contribution in [1.29, 1.82) is 0 Å². The number of rotatable bonds is 6. The van der Waals surface area contributed by atoms with Crippen LogP contribution in [0.1, 0.15) is 36.4 Å². The van der Waals surface area contributed by atoms with Gasteiger partial charge in [-0.15, -0.1) is 0 Å². The number of nitrogens with zero attached hydrogens (tertiary/aromatic N) is 2. The largest absolute Gasteiger partial charge is 0.466 e. The quantitative estimate of drug-likeness (QED) is 0.386. The summed E-state index contributed by atoms with van der Waals surface area (Å²) in [5, 5.41) is 0. The standard InChI is InChI=1S/C23H21F3N2O2S/c1-3-30-22(29)16(2)14-31-15-19-20(28-12-5-4-9-21(28)27-19)11-10-17-7-6-8-18(13-17)23(24,25)26/h4-9,12-13,16H,3,14-15H2,1-2H3/t16-/m0/s1. The number of benzene rings is 1. The topological polar surface area (TPSA) is 43.6 Å². The number of esters is 1. The normalized spacial score (nSPS) is 12.3. The highest BCUT2D eigenvalue weighted by atomic mass is 32.2. The van der Waals surface area contributed by atoms with Crippen molar-refractivity contribution in [1.82, 2.24) is 9.38 Å². The third-order valence-electron chi connectivity index (χ3n) is 4.41. The fourth-order valence-electron chi connectivity index (χ4n) is 2.87. The number of aromatic nitrogens is 2. The highest BCUT2D eigenvalue weighted by molar-refractivity contribution is 7.98. The Bertz CT molecular complexity index is 1130. The van der Waals surface area contributed by atoms with Gasteiger partial charge in [-0.25, -0.2) is 4.98 Å². The maximum absolute atomic E-state index is 13.0. The first kappa shape index (κ1) is 22.8. The molecule has 31 heavy (non-hydrogen) atoms. The van der Waals surface area contributed by atoms with Gasteiger partial charge in [0.1, 0.15) is 11.3 Å². The molecule has 162 valence electrons. The molecule has 0 spiro atoms. The van der Waals surface area contributed by atoms with Gasteiger partial charge in [-0.3, -0.25) is 9.20 Å². The van der Waals surface area contributed by atoms with E-state index in [0.29, 0.717) is 35.1 Å². The van der Waals surface area contributed by atoms with Gasteiger partial charge in [-0.05, 0) is 43.2 Å². The van der Waals surface area contributed by atoms with Crippen molar-refractivity contribution in [2.24, 2.45) is 5.92 Å². The Morgan fingerprint density at radius 2 is 2.03 bits per heavy atom. The molecule has 0 bridgehead atoms. The molecule has 1 aromatic carbocycles. The van der Waals surface area contributed by atoms with Gasteiger partial charge in [-0.1, -0.05) is 25.0 Å². The average Bonchev–Trinajstić information content (AvgIpc) is 3.09. The molecule has 3 aromatic rings. The molecule has 2 aromatic heterocycles. The third kappa shape index (κ3) is 5.82. The van der Waals surface area contributed by atoms with Crippen LogP contribution in [0.3, 0.4) is 0 Å². The van der Waals surface area contributed by atoms with Crippen LogP contribution >= 0.6 is 11.8 Å². The van der Waals surface area contributed by atoms with Crippen LogP contribution in [0.2, 0.25) is 0 Å². The van der Waals surface area contributed by atoms with E-state index in [9.17, 15) is 18.0 Å². The molecule has 0 amide bonds. The summed E-state index contributed by atoms with van der Waals surface area (Å²) in [5.74, 6) is 6.41. The summed E-state index contributed by atoms with van der Waals surface area (Å²) in [6.07, 6.45) is -2.60. The summed E-state index contributed by atoms with van der Waals surface area (Å²) in [6.45, 7) is 3.92. The lowest BCUT2D eigenvalue weighted by Crippen LogP contribution is -2.16. The van der Waals surface area contributed by atoms with E-state index in [2.05, 4.69) is 16.8 Å². The van der Waals surface area contributed by atoms with Gasteiger partial charge >= 0.3 is 12.1 Å². The fraction of sp³-hybridized carbons (Fsp3) is 0.304. The molecule has 0 N–H and O–H groups in total. The smallest absolute Gasteiger partial charge is 0.416 e. The molecule has 0 saturated heterocycles. The van der Waals surface area contributed by atoms with E-state index in [4.69, 9.17) is 4.74 Å². The van der Waals surface area contributed by atoms with Crippen LogP contribution < -0.4 is 0 Å². The van der Waals surface area contributed by atoms with Crippen LogP contribution in [0.5, 0.6) is 0 Å². The lowest BCUT2D eigenvalue weighted by atomic mass is 10.1. The number of carbonyl (C=O) groups excluding carboxylic acids is 1. The maximum atomic E-state index is 13.0. The van der Waals surface area contributed by atoms with Crippen molar-refractivity contribution in [2.45, 2.75) is 25.8 Å². The molecule has 4 nitrogen and oxygen atoms in total. The van der Waals surface area contributed by atoms with Crippen molar-refractivity contribution in [3.8, 4) is 11.8 Å². The first-order valence-corrected chi connectivity index (χ1v) is 10.8. The predicted molar refractivity (Wildman–Crippen MR) is 115 cm³/mol. The number of hydrogen-bond donors (Lipinski definition) is 0. The van der Waals surface area contributed by atoms with Crippen LogP contribution in [0.25, 0.3) is 5.65 Å². The van der Waals surface area contributed by atoms with Crippen molar-refractivity contribution >= 4 is 23.4 Å². The Morgan fingerprint density at radius 3 is 2.77 bits per heavy atom. The summed E-state index contributed by atoms with van der Waals surface area (Å²) in [4.78, 5) is 16.4. The highest BCUT2D eigenvalue weighted by Crippen LogP contribution is 2.29. The molecule has 0 fully saturated rings. The first-order chi connectivity index (χ1) is 14.8. The van der Waals surface area contributed by atoms with Crippen LogP contribution in [0.4, 0.5) is 13.2 Å². The second-order valence-corrected chi connectivity index (χ2v) is 7.86. The molecule has 8 heteroatoms. The van der Waals surface area contributed by atoms with Crippen LogP contribution in [0.15, 0.2) is 48.7 Å². The maximum Gasteiger partial charge on any atom is 0.416 e. The van der Waals surface area contributed by atoms with Crippen molar-refractivity contribution in [3.05, 3.63) is 71.2 Å². The second kappa shape index (κ2) is 9.92. The number of halogens is 3. The van der Waals surface area contributed by atoms with E-state index in [1.54, 1.807) is 13.0 Å². The minimum Gasteiger partial charge on any atom is -0.466 e. The highest BCUT2D eigenvalue weighted by Gasteiger charge is 2.30. The Hall–Kier alpha value is -2.92. The number of pyridine rings is 1. The van der Waals surface area contributed by atoms with Gasteiger partial charge in [0.25, 0.3) is 0 Å². The monoisotopic (exact) mass is 446 g/mol. The number of hydrogen-bond acceptors (Lipinski definition) is 4. The van der Waals surface area contributed by atoms with E-state index < -0.39 is 11.7 Å². The molecule has 0 radical (unpaired) electrons. The minimum atomic E-state index is -4.42. The van der Waals surface area contributed by atoms with Crippen molar-refractivity contribution < 1.29 is 22.7 Å². The summed E-state index contributed by atoms with van der Waals surface area (Å²) in [7, 11) is 0. The summed E-state index contributed by atoms with van der Waals surface area (Å²) in [5.41, 5.74) is 1.57. The van der Waals surface area contributed by atoms with Gasteiger partial charge in [0.05, 0.1) is 23.8 Å². The first-order valence-electron chi connectivity index (χ1n) is 9.69. The molecular formula is C23H21F3N2O2S. The molecule has 3 rings (SSSR count). The number of carbonyl (C=O) groups is 1. The minimum absolute atomic E-state index is 0.241. The van der Waals surface area contributed by atoms with E-state index in [-0.39, 0.29) is 17.5 Å². The van der Waals surface area contributed by atoms with E-state index in [0.717, 1.165) is 12.1 Å². The Balaban J connectivity index is 1.84. The van der Waals surface area contributed by atoms with Gasteiger partial charge < -0.3 is 4.74 Å². The molecular weight excluding hydrogens is 425 g/mol. The van der Waals surface area contributed by atoms with Crippen LogP contribution in [0, 0.1) is 17.8 Å². The SMILES string of the molecule is CCOC(=O)[C@@H](C)CSCc1nc2ccccn2c1C#Cc1cccc(C(F)(F)F)c1. The zero-order valence-electron chi connectivity index (χ0n) is 17.1. The summed E-state index contributed by atoms with van der Waals surface area (Å²) in [6, 6.07) is 10.5. The number of thioether (sulfide) groups is 1. The summed E-state index contributed by atoms with van der Waals surface area (Å²) >= 11 is 1.53. The molecule has 0 saturated carbocycles. The summed E-state index contributed by atoms with van der Waals surface area (Å²) < 4.78 is 45.7. The molecule has 0 aliphatic carbocycles. The second-order valence-electron chi connectivity index (χ2n) is 6.83. The van der Waals surface area contributed by atoms with Gasteiger partial charge in [-0.2, -0.15) is 24.9 Å². The zero-order chi connectivity index (χ0) is 22.4. The predicted octanol–water partition coefficient (Wildman–Crippen LogP) is 5.19. The number of imidazole rings is 1. The van der Waals surface area contributed by atoms with Crippen LogP contribution in [-0.2, 0) is 21.5 Å². The molecule has 0 unspecified atom stereocenters. The van der Waals surface area contributed by atoms with E-state index >= 15 is 0 Å². The van der Waals surface area contributed by atoms with E-state index in [1.807, 2.05) is 35.7 Å². The number of fused-ring (bicyclic) bond motifs is 1. The van der Waals surface area contributed by atoms with Gasteiger partial charge in [0.15, 0.2) is 0 Å². The van der Waals surface area contributed by atoms with Crippen molar-refractivity contribution in [3.63, 3.8) is 0 Å². The van der Waals surface area contributed by atoms with Crippen LogP contribution in [-0.4, -0.2) is 27.7 Å². The van der Waals surface area contributed by atoms with E-state index in [1.165, 1.54) is 17.8 Å².